The van der Waals surface area contributed by atoms with Crippen LogP contribution >= 0.6 is 0 Å². The summed E-state index contributed by atoms with van der Waals surface area (Å²) in [5.74, 6) is 1.59. The molecule has 0 aliphatic rings. The predicted molar refractivity (Wildman–Crippen MR) is 98.9 cm³/mol. The van der Waals surface area contributed by atoms with Crippen LogP contribution in [0.25, 0.3) is 22.4 Å². The molecule has 1 aromatic carbocycles. The molecule has 0 saturated heterocycles. The zero-order valence-electron chi connectivity index (χ0n) is 15.5. The van der Waals surface area contributed by atoms with E-state index in [4.69, 9.17) is 4.98 Å². The Kier molecular flexibility index (Phi) is 4.35. The first-order valence-corrected chi connectivity index (χ1v) is 8.59. The first-order valence-electron chi connectivity index (χ1n) is 8.59. The Morgan fingerprint density at radius 1 is 1.12 bits per heavy atom. The van der Waals surface area contributed by atoms with E-state index in [-0.39, 0.29) is 0 Å². The summed E-state index contributed by atoms with van der Waals surface area (Å²) in [5, 5.41) is 1.15. The number of rotatable bonds is 3. The van der Waals surface area contributed by atoms with E-state index in [0.717, 1.165) is 23.3 Å². The Hall–Kier alpha value is -2.29. The molecule has 3 rings (SSSR count). The van der Waals surface area contributed by atoms with Crippen molar-refractivity contribution in [3.8, 4) is 11.4 Å². The second-order valence-corrected chi connectivity index (χ2v) is 7.24. The number of hydrogen-bond acceptors (Lipinski definition) is 2. The number of pyridine rings is 1. The number of hydrogen-bond donors (Lipinski definition) is 0. The number of benzene rings is 1. The summed E-state index contributed by atoms with van der Waals surface area (Å²) >= 11 is 0. The van der Waals surface area contributed by atoms with Gasteiger partial charge in [0.15, 0.2) is 0 Å². The molecule has 0 unspecified atom stereocenters. The minimum absolute atomic E-state index is 0.613. The van der Waals surface area contributed by atoms with Gasteiger partial charge in [0.05, 0.1) is 18.0 Å². The molecule has 0 fully saturated rings. The van der Waals surface area contributed by atoms with Gasteiger partial charge in [-0.25, -0.2) is 9.55 Å². The van der Waals surface area contributed by atoms with Crippen LogP contribution in [0.2, 0.25) is 0 Å². The van der Waals surface area contributed by atoms with Crippen LogP contribution in [-0.2, 0) is 13.5 Å². The zero-order chi connectivity index (χ0) is 17.4. The fourth-order valence-electron chi connectivity index (χ4n) is 3.30. The molecular formula is C21H26N3+. The monoisotopic (exact) mass is 320 g/mol. The molecule has 3 aromatic rings. The second kappa shape index (κ2) is 6.31. The fourth-order valence-corrected chi connectivity index (χ4v) is 3.30. The van der Waals surface area contributed by atoms with Gasteiger partial charge in [0.2, 0.25) is 0 Å². The second-order valence-electron chi connectivity index (χ2n) is 7.24. The molecule has 24 heavy (non-hydrogen) atoms. The van der Waals surface area contributed by atoms with Gasteiger partial charge in [-0.3, -0.25) is 0 Å². The molecule has 0 aliphatic carbocycles. The Labute approximate surface area is 144 Å². The lowest BCUT2D eigenvalue weighted by Crippen LogP contribution is -2.32. The van der Waals surface area contributed by atoms with Crippen molar-refractivity contribution in [3.05, 3.63) is 52.8 Å². The van der Waals surface area contributed by atoms with Gasteiger partial charge in [-0.1, -0.05) is 19.9 Å². The zero-order valence-corrected chi connectivity index (χ0v) is 15.5. The van der Waals surface area contributed by atoms with E-state index < -0.39 is 0 Å². The largest absolute Gasteiger partial charge is 0.333 e. The molecule has 0 aliphatic heterocycles. The van der Waals surface area contributed by atoms with Crippen molar-refractivity contribution in [2.75, 3.05) is 0 Å². The van der Waals surface area contributed by atoms with Crippen LogP contribution < -0.4 is 4.57 Å². The lowest BCUT2D eigenvalue weighted by molar-refractivity contribution is -0.661. The highest BCUT2D eigenvalue weighted by Gasteiger charge is 2.20. The highest BCUT2D eigenvalue weighted by molar-refractivity contribution is 5.78. The first-order chi connectivity index (χ1) is 11.4. The Bertz CT molecular complexity index is 911. The van der Waals surface area contributed by atoms with E-state index in [1.165, 1.54) is 27.8 Å². The van der Waals surface area contributed by atoms with Gasteiger partial charge >= 0.3 is 5.82 Å². The molecule has 0 spiro atoms. The lowest BCUT2D eigenvalue weighted by Gasteiger charge is -2.10. The maximum atomic E-state index is 4.91. The third-order valence-electron chi connectivity index (χ3n) is 4.61. The minimum Gasteiger partial charge on any atom is -0.232 e. The van der Waals surface area contributed by atoms with Crippen molar-refractivity contribution >= 4 is 11.0 Å². The van der Waals surface area contributed by atoms with E-state index in [2.05, 4.69) is 75.6 Å². The summed E-state index contributed by atoms with van der Waals surface area (Å²) in [6, 6.07) is 6.55. The molecule has 3 nitrogen and oxygen atoms in total. The van der Waals surface area contributed by atoms with Crippen LogP contribution in [-0.4, -0.2) is 9.97 Å². The summed E-state index contributed by atoms with van der Waals surface area (Å²) in [5.41, 5.74) is 7.18. The highest BCUT2D eigenvalue weighted by Crippen LogP contribution is 2.25. The standard InChI is InChI=1S/C21H26N3/c1-13(2)9-17-7-8-22-20-19(17)12-24(6)21(23-20)18-11-14(3)10-15(4)16(18)5/h7-8,10-13H,9H2,1-6H3/q+1. The van der Waals surface area contributed by atoms with Crippen molar-refractivity contribution in [3.63, 3.8) is 0 Å². The molecular weight excluding hydrogens is 294 g/mol. The topological polar surface area (TPSA) is 29.7 Å². The number of nitrogens with zero attached hydrogens (tertiary/aromatic N) is 3. The summed E-state index contributed by atoms with van der Waals surface area (Å²) in [6.45, 7) is 10.9. The third kappa shape index (κ3) is 3.03. The van der Waals surface area contributed by atoms with Crippen molar-refractivity contribution in [1.82, 2.24) is 9.97 Å². The molecule has 2 heterocycles. The van der Waals surface area contributed by atoms with Gasteiger partial charge < -0.3 is 0 Å². The molecule has 0 atom stereocenters. The fraction of sp³-hybridized carbons (Fsp3) is 0.381. The van der Waals surface area contributed by atoms with Crippen LogP contribution in [0.3, 0.4) is 0 Å². The average molecular weight is 320 g/mol. The van der Waals surface area contributed by atoms with E-state index in [1.807, 2.05) is 6.20 Å². The van der Waals surface area contributed by atoms with Crippen molar-refractivity contribution < 1.29 is 4.57 Å². The van der Waals surface area contributed by atoms with Crippen LogP contribution in [0.1, 0.15) is 36.1 Å². The number of fused-ring (bicyclic) bond motifs is 1. The van der Waals surface area contributed by atoms with Crippen LogP contribution in [0.4, 0.5) is 0 Å². The van der Waals surface area contributed by atoms with Gasteiger partial charge in [-0.15, -0.1) is 0 Å². The Morgan fingerprint density at radius 2 is 1.88 bits per heavy atom. The van der Waals surface area contributed by atoms with Gasteiger partial charge in [0.1, 0.15) is 6.20 Å². The van der Waals surface area contributed by atoms with Gasteiger partial charge in [-0.05, 0) is 72.5 Å². The predicted octanol–water partition coefficient (Wildman–Crippen LogP) is 4.25. The van der Waals surface area contributed by atoms with E-state index in [9.17, 15) is 0 Å². The van der Waals surface area contributed by atoms with Crippen LogP contribution in [0, 0.1) is 26.7 Å². The smallest absolute Gasteiger partial charge is 0.232 e. The number of aryl methyl sites for hydroxylation is 3. The Morgan fingerprint density at radius 3 is 2.58 bits per heavy atom. The molecule has 2 aromatic heterocycles. The van der Waals surface area contributed by atoms with Gasteiger partial charge in [0.25, 0.3) is 5.65 Å². The Balaban J connectivity index is 2.23. The number of aromatic nitrogens is 3. The van der Waals surface area contributed by atoms with E-state index in [1.54, 1.807) is 0 Å². The van der Waals surface area contributed by atoms with E-state index in [0.29, 0.717) is 5.92 Å². The summed E-state index contributed by atoms with van der Waals surface area (Å²) in [7, 11) is 2.07. The molecule has 124 valence electrons. The summed E-state index contributed by atoms with van der Waals surface area (Å²) < 4.78 is 2.13. The molecule has 0 bridgehead atoms. The molecule has 0 amide bonds. The van der Waals surface area contributed by atoms with Crippen molar-refractivity contribution in [1.29, 1.82) is 0 Å². The molecule has 0 radical (unpaired) electrons. The van der Waals surface area contributed by atoms with Crippen molar-refractivity contribution in [2.24, 2.45) is 13.0 Å². The SMILES string of the molecule is Cc1cc(C)c(C)c(-c2nc3nccc(CC(C)C)c3c[n+]2C)c1. The molecule has 0 saturated carbocycles. The lowest BCUT2D eigenvalue weighted by atomic mass is 9.99. The summed E-state index contributed by atoms with van der Waals surface area (Å²) in [4.78, 5) is 9.43. The molecule has 3 heteroatoms. The van der Waals surface area contributed by atoms with Crippen molar-refractivity contribution in [2.45, 2.75) is 41.0 Å². The van der Waals surface area contributed by atoms with E-state index >= 15 is 0 Å². The quantitative estimate of drug-likeness (QED) is 0.675. The highest BCUT2D eigenvalue weighted by atomic mass is 15.0. The first kappa shape index (κ1) is 16.6. The van der Waals surface area contributed by atoms with Gasteiger partial charge in [-0.2, -0.15) is 0 Å². The normalized spacial score (nSPS) is 11.5. The average Bonchev–Trinajstić information content (AvgIpc) is 2.50. The maximum Gasteiger partial charge on any atom is 0.333 e. The van der Waals surface area contributed by atoms with Crippen LogP contribution in [0.15, 0.2) is 30.6 Å². The third-order valence-corrected chi connectivity index (χ3v) is 4.61. The molecule has 0 N–H and O–H groups in total. The van der Waals surface area contributed by atoms with Gasteiger partial charge in [0, 0.05) is 6.20 Å². The van der Waals surface area contributed by atoms with Crippen LogP contribution in [0.5, 0.6) is 0 Å². The maximum absolute atomic E-state index is 4.91. The minimum atomic E-state index is 0.613. The summed E-state index contributed by atoms with van der Waals surface area (Å²) in [6.07, 6.45) is 5.10.